The third-order valence-corrected chi connectivity index (χ3v) is 3.31. The molecule has 0 fully saturated rings. The summed E-state index contributed by atoms with van der Waals surface area (Å²) in [5.74, 6) is 0.498. The first-order valence-electron chi connectivity index (χ1n) is 6.26. The molecular weight excluding hydrogens is 286 g/mol. The van der Waals surface area contributed by atoms with Gasteiger partial charge in [0.2, 0.25) is 11.9 Å². The fraction of sp³-hybridized carbons (Fsp3) is 0. The lowest BCUT2D eigenvalue weighted by atomic mass is 9.99. The number of nitrogens with two attached hydrogens (primary N) is 2. The van der Waals surface area contributed by atoms with Crippen molar-refractivity contribution in [3.8, 4) is 22.5 Å². The van der Waals surface area contributed by atoms with Gasteiger partial charge in [-0.3, -0.25) is 0 Å². The van der Waals surface area contributed by atoms with Crippen LogP contribution in [0, 0.1) is 0 Å². The first kappa shape index (κ1) is 13.3. The molecule has 2 aromatic carbocycles. The lowest BCUT2D eigenvalue weighted by Crippen LogP contribution is -2.05. The first-order chi connectivity index (χ1) is 10.1. The van der Waals surface area contributed by atoms with E-state index in [-0.39, 0.29) is 11.9 Å². The highest BCUT2D eigenvalue weighted by molar-refractivity contribution is 6.34. The molecule has 104 valence electrons. The minimum Gasteiger partial charge on any atom is -0.368 e. The van der Waals surface area contributed by atoms with Crippen LogP contribution in [0.2, 0.25) is 5.02 Å². The third kappa shape index (κ3) is 2.64. The quantitative estimate of drug-likeness (QED) is 0.758. The SMILES string of the molecule is Nc1nc(N)nc(-c2c(Cl)cccc2-c2ccccc2)n1. The van der Waals surface area contributed by atoms with Crippen LogP contribution in [0.15, 0.2) is 48.5 Å². The Labute approximate surface area is 126 Å². The van der Waals surface area contributed by atoms with Gasteiger partial charge in [0.25, 0.3) is 0 Å². The van der Waals surface area contributed by atoms with Gasteiger partial charge in [-0.25, -0.2) is 0 Å². The number of anilines is 2. The number of rotatable bonds is 2. The molecule has 0 amide bonds. The second-order valence-corrected chi connectivity index (χ2v) is 4.81. The Bertz CT molecular complexity index is 769. The van der Waals surface area contributed by atoms with Crippen LogP contribution in [0.3, 0.4) is 0 Å². The molecule has 0 atom stereocenters. The first-order valence-corrected chi connectivity index (χ1v) is 6.64. The van der Waals surface area contributed by atoms with Crippen LogP contribution in [0.4, 0.5) is 11.9 Å². The van der Waals surface area contributed by atoms with Crippen molar-refractivity contribution < 1.29 is 0 Å². The van der Waals surface area contributed by atoms with Gasteiger partial charge in [-0.15, -0.1) is 0 Å². The number of benzene rings is 2. The molecule has 0 saturated heterocycles. The average Bonchev–Trinajstić information content (AvgIpc) is 2.47. The molecule has 0 bridgehead atoms. The van der Waals surface area contributed by atoms with Crippen molar-refractivity contribution in [1.82, 2.24) is 15.0 Å². The highest BCUT2D eigenvalue weighted by Crippen LogP contribution is 2.35. The molecule has 3 aromatic rings. The molecule has 4 N–H and O–H groups in total. The highest BCUT2D eigenvalue weighted by atomic mass is 35.5. The normalized spacial score (nSPS) is 10.5. The molecule has 0 radical (unpaired) electrons. The van der Waals surface area contributed by atoms with Crippen LogP contribution in [0.1, 0.15) is 0 Å². The maximum atomic E-state index is 6.34. The monoisotopic (exact) mass is 297 g/mol. The summed E-state index contributed by atoms with van der Waals surface area (Å²) in [6.07, 6.45) is 0. The van der Waals surface area contributed by atoms with Crippen LogP contribution in [-0.4, -0.2) is 15.0 Å². The van der Waals surface area contributed by atoms with E-state index < -0.39 is 0 Å². The van der Waals surface area contributed by atoms with Gasteiger partial charge in [0.15, 0.2) is 5.82 Å². The van der Waals surface area contributed by atoms with Crippen molar-refractivity contribution >= 4 is 23.5 Å². The van der Waals surface area contributed by atoms with Crippen molar-refractivity contribution in [3.05, 3.63) is 53.6 Å². The van der Waals surface area contributed by atoms with Gasteiger partial charge in [0.1, 0.15) is 0 Å². The topological polar surface area (TPSA) is 90.7 Å². The predicted molar refractivity (Wildman–Crippen MR) is 84.5 cm³/mol. The number of halogens is 1. The number of hydrogen-bond donors (Lipinski definition) is 2. The highest BCUT2D eigenvalue weighted by Gasteiger charge is 2.15. The number of aromatic nitrogens is 3. The van der Waals surface area contributed by atoms with Crippen LogP contribution in [0.5, 0.6) is 0 Å². The van der Waals surface area contributed by atoms with E-state index >= 15 is 0 Å². The van der Waals surface area contributed by atoms with Crippen LogP contribution in [0.25, 0.3) is 22.5 Å². The average molecular weight is 298 g/mol. The number of hydrogen-bond acceptors (Lipinski definition) is 5. The van der Waals surface area contributed by atoms with E-state index in [1.54, 1.807) is 6.07 Å². The molecule has 3 rings (SSSR count). The van der Waals surface area contributed by atoms with E-state index in [1.807, 2.05) is 42.5 Å². The Morgan fingerprint density at radius 1 is 0.762 bits per heavy atom. The molecule has 0 aliphatic carbocycles. The van der Waals surface area contributed by atoms with Gasteiger partial charge in [-0.1, -0.05) is 54.1 Å². The van der Waals surface area contributed by atoms with E-state index in [2.05, 4.69) is 15.0 Å². The summed E-state index contributed by atoms with van der Waals surface area (Å²) < 4.78 is 0. The van der Waals surface area contributed by atoms with Gasteiger partial charge in [0.05, 0.1) is 5.02 Å². The molecule has 6 heteroatoms. The Morgan fingerprint density at radius 3 is 2.10 bits per heavy atom. The fourth-order valence-electron chi connectivity index (χ4n) is 2.13. The van der Waals surface area contributed by atoms with E-state index in [9.17, 15) is 0 Å². The van der Waals surface area contributed by atoms with Crippen LogP contribution < -0.4 is 11.5 Å². The summed E-state index contributed by atoms with van der Waals surface area (Å²) in [5.41, 5.74) is 13.9. The maximum absolute atomic E-state index is 6.34. The third-order valence-electron chi connectivity index (χ3n) is 2.99. The smallest absolute Gasteiger partial charge is 0.225 e. The van der Waals surface area contributed by atoms with E-state index in [4.69, 9.17) is 23.1 Å². The van der Waals surface area contributed by atoms with Gasteiger partial charge in [0, 0.05) is 5.56 Å². The predicted octanol–water partition coefficient (Wildman–Crippen LogP) is 3.02. The molecule has 0 spiro atoms. The van der Waals surface area contributed by atoms with Gasteiger partial charge in [-0.05, 0) is 17.2 Å². The number of nitrogens with zero attached hydrogens (tertiary/aromatic N) is 3. The molecule has 0 aliphatic rings. The van der Waals surface area contributed by atoms with E-state index in [0.29, 0.717) is 16.4 Å². The van der Waals surface area contributed by atoms with Crippen molar-refractivity contribution in [2.45, 2.75) is 0 Å². The zero-order valence-corrected chi connectivity index (χ0v) is 11.7. The molecule has 21 heavy (non-hydrogen) atoms. The zero-order valence-electron chi connectivity index (χ0n) is 11.0. The summed E-state index contributed by atoms with van der Waals surface area (Å²) in [6.45, 7) is 0. The van der Waals surface area contributed by atoms with Crippen molar-refractivity contribution in [1.29, 1.82) is 0 Å². The molecule has 0 aliphatic heterocycles. The van der Waals surface area contributed by atoms with E-state index in [0.717, 1.165) is 11.1 Å². The lowest BCUT2D eigenvalue weighted by molar-refractivity contribution is 1.09. The summed E-state index contributed by atoms with van der Waals surface area (Å²) in [4.78, 5) is 12.1. The molecule has 5 nitrogen and oxygen atoms in total. The van der Waals surface area contributed by atoms with Crippen molar-refractivity contribution in [2.24, 2.45) is 0 Å². The molecule has 1 aromatic heterocycles. The standard InChI is InChI=1S/C15H12ClN5/c16-11-8-4-7-10(9-5-2-1-3-6-9)12(11)13-19-14(17)21-15(18)20-13/h1-8H,(H4,17,18,19,20,21). The van der Waals surface area contributed by atoms with Crippen LogP contribution >= 0.6 is 11.6 Å². The Balaban J connectivity index is 2.27. The zero-order chi connectivity index (χ0) is 14.8. The lowest BCUT2D eigenvalue weighted by Gasteiger charge is -2.11. The Hall–Kier alpha value is -2.66. The van der Waals surface area contributed by atoms with Crippen LogP contribution in [-0.2, 0) is 0 Å². The van der Waals surface area contributed by atoms with Crippen molar-refractivity contribution in [2.75, 3.05) is 11.5 Å². The molecule has 0 saturated carbocycles. The molecule has 1 heterocycles. The largest absolute Gasteiger partial charge is 0.368 e. The van der Waals surface area contributed by atoms with E-state index in [1.165, 1.54) is 0 Å². The summed E-state index contributed by atoms with van der Waals surface area (Å²) >= 11 is 6.34. The minimum absolute atomic E-state index is 0.0661. The summed E-state index contributed by atoms with van der Waals surface area (Å²) in [5, 5.41) is 0.529. The molecule has 0 unspecified atom stereocenters. The Kier molecular flexibility index (Phi) is 3.41. The summed E-state index contributed by atoms with van der Waals surface area (Å²) in [7, 11) is 0. The van der Waals surface area contributed by atoms with Gasteiger partial charge >= 0.3 is 0 Å². The number of nitrogen functional groups attached to an aromatic ring is 2. The van der Waals surface area contributed by atoms with Gasteiger partial charge < -0.3 is 11.5 Å². The molecular formula is C15H12ClN5. The summed E-state index contributed by atoms with van der Waals surface area (Å²) in [6, 6.07) is 15.4. The van der Waals surface area contributed by atoms with Gasteiger partial charge in [-0.2, -0.15) is 15.0 Å². The van der Waals surface area contributed by atoms with Crippen molar-refractivity contribution in [3.63, 3.8) is 0 Å². The second-order valence-electron chi connectivity index (χ2n) is 4.40. The fourth-order valence-corrected chi connectivity index (χ4v) is 2.39. The maximum Gasteiger partial charge on any atom is 0.225 e. The second kappa shape index (κ2) is 5.38. The Morgan fingerprint density at radius 2 is 1.43 bits per heavy atom. The minimum atomic E-state index is 0.0661.